The lowest BCUT2D eigenvalue weighted by molar-refractivity contribution is -0.137. The van der Waals surface area contributed by atoms with E-state index in [4.69, 9.17) is 5.11 Å². The number of anilines is 1. The lowest BCUT2D eigenvalue weighted by atomic mass is 10.3. The van der Waals surface area contributed by atoms with Gasteiger partial charge in [-0.05, 0) is 30.7 Å². The zero-order chi connectivity index (χ0) is 12.7. The van der Waals surface area contributed by atoms with Gasteiger partial charge < -0.3 is 10.4 Å². The molecule has 1 aromatic rings. The molecule has 0 saturated heterocycles. The topological polar surface area (TPSA) is 49.3 Å². The first-order valence-corrected chi connectivity index (χ1v) is 6.68. The fourth-order valence-electron chi connectivity index (χ4n) is 1.40. The van der Waals surface area contributed by atoms with Crippen molar-refractivity contribution in [2.75, 3.05) is 11.9 Å². The smallest absolute Gasteiger partial charge is 0.303 e. The SMILES string of the molecule is CC(C)Sc1ccc(NCCCC(=O)O)cc1. The van der Waals surface area contributed by atoms with Crippen molar-refractivity contribution in [1.29, 1.82) is 0 Å². The van der Waals surface area contributed by atoms with Crippen LogP contribution in [0, 0.1) is 0 Å². The number of carboxylic acids is 1. The lowest BCUT2D eigenvalue weighted by Crippen LogP contribution is -2.04. The average molecular weight is 253 g/mol. The molecule has 0 radical (unpaired) electrons. The molecular formula is C13H19NO2S. The van der Waals surface area contributed by atoms with Gasteiger partial charge in [0.25, 0.3) is 0 Å². The highest BCUT2D eigenvalue weighted by molar-refractivity contribution is 7.99. The van der Waals surface area contributed by atoms with Crippen molar-refractivity contribution in [3.05, 3.63) is 24.3 Å². The molecule has 94 valence electrons. The standard InChI is InChI=1S/C13H19NO2S/c1-10(2)17-12-7-5-11(6-8-12)14-9-3-4-13(15)16/h5-8,10,14H,3-4,9H2,1-2H3,(H,15,16). The van der Waals surface area contributed by atoms with Gasteiger partial charge in [0.15, 0.2) is 0 Å². The van der Waals surface area contributed by atoms with Gasteiger partial charge in [-0.3, -0.25) is 4.79 Å². The number of carboxylic acid groups (broad SMARTS) is 1. The van der Waals surface area contributed by atoms with Crippen LogP contribution in [0.1, 0.15) is 26.7 Å². The molecule has 0 heterocycles. The summed E-state index contributed by atoms with van der Waals surface area (Å²) in [7, 11) is 0. The molecule has 0 aliphatic rings. The molecule has 17 heavy (non-hydrogen) atoms. The van der Waals surface area contributed by atoms with Gasteiger partial charge in [0.05, 0.1) is 0 Å². The van der Waals surface area contributed by atoms with E-state index in [1.807, 2.05) is 23.9 Å². The molecule has 2 N–H and O–H groups in total. The number of rotatable bonds is 7. The second-order valence-corrected chi connectivity index (χ2v) is 5.76. The number of benzene rings is 1. The zero-order valence-electron chi connectivity index (χ0n) is 10.3. The van der Waals surface area contributed by atoms with Gasteiger partial charge in [-0.1, -0.05) is 13.8 Å². The van der Waals surface area contributed by atoms with Crippen molar-refractivity contribution in [1.82, 2.24) is 0 Å². The number of thioether (sulfide) groups is 1. The Kier molecular flexibility index (Phi) is 5.91. The maximum absolute atomic E-state index is 10.3. The molecule has 0 amide bonds. The Morgan fingerprint density at radius 3 is 2.53 bits per heavy atom. The molecular weight excluding hydrogens is 234 g/mol. The third-order valence-corrected chi connectivity index (χ3v) is 3.14. The van der Waals surface area contributed by atoms with Gasteiger partial charge in [-0.15, -0.1) is 11.8 Å². The summed E-state index contributed by atoms with van der Waals surface area (Å²) in [4.78, 5) is 11.6. The molecule has 0 fully saturated rings. The quantitative estimate of drug-likeness (QED) is 0.577. The molecule has 0 aliphatic heterocycles. The fraction of sp³-hybridized carbons (Fsp3) is 0.462. The minimum Gasteiger partial charge on any atom is -0.481 e. The first-order chi connectivity index (χ1) is 8.08. The molecule has 0 aromatic heterocycles. The number of hydrogen-bond donors (Lipinski definition) is 2. The Morgan fingerprint density at radius 2 is 2.00 bits per heavy atom. The summed E-state index contributed by atoms with van der Waals surface area (Å²) in [6, 6.07) is 8.24. The Bertz CT molecular complexity index is 349. The molecule has 0 atom stereocenters. The van der Waals surface area contributed by atoms with Crippen LogP contribution in [0.5, 0.6) is 0 Å². The maximum Gasteiger partial charge on any atom is 0.303 e. The van der Waals surface area contributed by atoms with Crippen LogP contribution in [0.3, 0.4) is 0 Å². The minimum atomic E-state index is -0.740. The van der Waals surface area contributed by atoms with E-state index in [-0.39, 0.29) is 6.42 Å². The molecule has 0 saturated carbocycles. The largest absolute Gasteiger partial charge is 0.481 e. The van der Waals surface area contributed by atoms with Gasteiger partial charge >= 0.3 is 5.97 Å². The van der Waals surface area contributed by atoms with Crippen LogP contribution in [0.15, 0.2) is 29.2 Å². The highest BCUT2D eigenvalue weighted by Gasteiger charge is 1.99. The van der Waals surface area contributed by atoms with Crippen molar-refractivity contribution >= 4 is 23.4 Å². The predicted octanol–water partition coefficient (Wildman–Crippen LogP) is 3.46. The number of carbonyl (C=O) groups is 1. The van der Waals surface area contributed by atoms with E-state index < -0.39 is 5.97 Å². The van der Waals surface area contributed by atoms with Crippen LogP contribution < -0.4 is 5.32 Å². The van der Waals surface area contributed by atoms with Crippen LogP contribution in [0.2, 0.25) is 0 Å². The molecule has 4 heteroatoms. The number of hydrogen-bond acceptors (Lipinski definition) is 3. The van der Waals surface area contributed by atoms with E-state index in [2.05, 4.69) is 31.3 Å². The second kappa shape index (κ2) is 7.22. The van der Waals surface area contributed by atoms with E-state index in [0.717, 1.165) is 5.69 Å². The summed E-state index contributed by atoms with van der Waals surface area (Å²) in [5.41, 5.74) is 1.04. The van der Waals surface area contributed by atoms with Gasteiger partial charge in [0.2, 0.25) is 0 Å². The van der Waals surface area contributed by atoms with Crippen LogP contribution in [-0.4, -0.2) is 22.9 Å². The van der Waals surface area contributed by atoms with Crippen molar-refractivity contribution in [2.45, 2.75) is 36.8 Å². The first-order valence-electron chi connectivity index (χ1n) is 5.80. The van der Waals surface area contributed by atoms with E-state index in [1.165, 1.54) is 4.90 Å². The monoisotopic (exact) mass is 253 g/mol. The van der Waals surface area contributed by atoms with Crippen LogP contribution in [0.4, 0.5) is 5.69 Å². The highest BCUT2D eigenvalue weighted by Crippen LogP contribution is 2.24. The Hall–Kier alpha value is -1.16. The molecule has 3 nitrogen and oxygen atoms in total. The zero-order valence-corrected chi connectivity index (χ0v) is 11.1. The molecule has 0 unspecified atom stereocenters. The fourth-order valence-corrected chi connectivity index (χ4v) is 2.23. The number of nitrogens with one attached hydrogen (secondary N) is 1. The van der Waals surface area contributed by atoms with Crippen molar-refractivity contribution in [3.63, 3.8) is 0 Å². The Balaban J connectivity index is 2.32. The van der Waals surface area contributed by atoms with Crippen molar-refractivity contribution in [2.24, 2.45) is 0 Å². The van der Waals surface area contributed by atoms with E-state index in [0.29, 0.717) is 18.2 Å². The average Bonchev–Trinajstić information content (AvgIpc) is 2.25. The van der Waals surface area contributed by atoms with Crippen molar-refractivity contribution < 1.29 is 9.90 Å². The molecule has 0 spiro atoms. The normalized spacial score (nSPS) is 10.5. The Morgan fingerprint density at radius 1 is 1.35 bits per heavy atom. The van der Waals surface area contributed by atoms with Gasteiger partial charge in [0, 0.05) is 28.8 Å². The second-order valence-electron chi connectivity index (χ2n) is 4.12. The van der Waals surface area contributed by atoms with Crippen LogP contribution in [-0.2, 0) is 4.79 Å². The van der Waals surface area contributed by atoms with E-state index >= 15 is 0 Å². The summed E-state index contributed by atoms with van der Waals surface area (Å²) in [6.07, 6.45) is 0.867. The maximum atomic E-state index is 10.3. The highest BCUT2D eigenvalue weighted by atomic mass is 32.2. The minimum absolute atomic E-state index is 0.217. The molecule has 0 aliphatic carbocycles. The van der Waals surface area contributed by atoms with Gasteiger partial charge in [-0.2, -0.15) is 0 Å². The van der Waals surface area contributed by atoms with E-state index in [1.54, 1.807) is 0 Å². The van der Waals surface area contributed by atoms with Crippen LogP contribution in [0.25, 0.3) is 0 Å². The summed E-state index contributed by atoms with van der Waals surface area (Å²) in [5.74, 6) is -0.740. The summed E-state index contributed by atoms with van der Waals surface area (Å²) < 4.78 is 0. The molecule has 1 aromatic carbocycles. The lowest BCUT2D eigenvalue weighted by Gasteiger charge is -2.08. The predicted molar refractivity (Wildman–Crippen MR) is 72.8 cm³/mol. The third kappa shape index (κ3) is 6.22. The van der Waals surface area contributed by atoms with Crippen molar-refractivity contribution in [3.8, 4) is 0 Å². The molecule has 0 bridgehead atoms. The first kappa shape index (κ1) is 13.9. The summed E-state index contributed by atoms with van der Waals surface area (Å²) >= 11 is 1.83. The van der Waals surface area contributed by atoms with Crippen LogP contribution >= 0.6 is 11.8 Å². The number of aliphatic carboxylic acids is 1. The molecule has 1 rings (SSSR count). The Labute approximate surface area is 107 Å². The summed E-state index contributed by atoms with van der Waals surface area (Å²) in [5, 5.41) is 12.3. The van der Waals surface area contributed by atoms with Gasteiger partial charge in [0.1, 0.15) is 0 Å². The third-order valence-electron chi connectivity index (χ3n) is 2.12. The van der Waals surface area contributed by atoms with E-state index in [9.17, 15) is 4.79 Å². The van der Waals surface area contributed by atoms with Gasteiger partial charge in [-0.25, -0.2) is 0 Å². The summed E-state index contributed by atoms with van der Waals surface area (Å²) in [6.45, 7) is 5.04.